The Kier molecular flexibility index (Phi) is 6.40. The Bertz CT molecular complexity index is 991. The molecule has 28 heavy (non-hydrogen) atoms. The topological polar surface area (TPSA) is 71.3 Å². The van der Waals surface area contributed by atoms with Crippen LogP contribution in [0.1, 0.15) is 27.0 Å². The number of ether oxygens (including phenoxy) is 2. The van der Waals surface area contributed by atoms with E-state index in [4.69, 9.17) is 14.7 Å². The molecular weight excluding hydrogens is 352 g/mol. The third-order valence-corrected chi connectivity index (χ3v) is 4.08. The normalized spacial score (nSPS) is 10.1. The highest BCUT2D eigenvalue weighted by Crippen LogP contribution is 2.20. The summed E-state index contributed by atoms with van der Waals surface area (Å²) in [7, 11) is 1.63. The Hall–Kier alpha value is -3.62. The fraction of sp³-hybridized carbons (Fsp3) is 0.130. The van der Waals surface area contributed by atoms with Gasteiger partial charge in [0.15, 0.2) is 0 Å². The number of nitrogens with zero attached hydrogens (tertiary/aromatic N) is 1. The average Bonchev–Trinajstić information content (AvgIpc) is 2.73. The van der Waals surface area contributed by atoms with Crippen molar-refractivity contribution in [3.8, 4) is 11.8 Å². The van der Waals surface area contributed by atoms with Gasteiger partial charge in [0.05, 0.1) is 18.2 Å². The molecule has 5 nitrogen and oxygen atoms in total. The van der Waals surface area contributed by atoms with Crippen molar-refractivity contribution in [2.75, 3.05) is 12.4 Å². The predicted octanol–water partition coefficient (Wildman–Crippen LogP) is 4.54. The van der Waals surface area contributed by atoms with E-state index in [1.807, 2.05) is 36.4 Å². The molecule has 0 unspecified atom stereocenters. The van der Waals surface area contributed by atoms with Crippen LogP contribution in [0.15, 0.2) is 72.8 Å². The maximum atomic E-state index is 12.4. The molecule has 0 bridgehead atoms. The monoisotopic (exact) mass is 372 g/mol. The molecule has 5 heteroatoms. The van der Waals surface area contributed by atoms with Gasteiger partial charge < -0.3 is 14.8 Å². The van der Waals surface area contributed by atoms with Crippen molar-refractivity contribution in [3.63, 3.8) is 0 Å². The molecular formula is C23H20N2O3. The van der Waals surface area contributed by atoms with Crippen LogP contribution in [0.4, 0.5) is 5.69 Å². The second-order valence-electron chi connectivity index (χ2n) is 6.21. The van der Waals surface area contributed by atoms with Crippen LogP contribution in [0.2, 0.25) is 0 Å². The van der Waals surface area contributed by atoms with E-state index in [2.05, 4.69) is 11.4 Å². The first-order valence-electron chi connectivity index (χ1n) is 8.79. The van der Waals surface area contributed by atoms with Crippen molar-refractivity contribution in [2.24, 2.45) is 0 Å². The summed E-state index contributed by atoms with van der Waals surface area (Å²) in [6.45, 7) is 0.854. The van der Waals surface area contributed by atoms with Crippen LogP contribution in [-0.4, -0.2) is 13.0 Å². The van der Waals surface area contributed by atoms with Gasteiger partial charge in [-0.15, -0.1) is 0 Å². The van der Waals surface area contributed by atoms with E-state index in [-0.39, 0.29) is 5.91 Å². The second kappa shape index (κ2) is 9.36. The first kappa shape index (κ1) is 19.2. The number of nitrogens with one attached hydrogen (secondary N) is 1. The molecule has 0 atom stereocenters. The number of methoxy groups -OCH3 is 1. The minimum atomic E-state index is -0.192. The van der Waals surface area contributed by atoms with Gasteiger partial charge in [-0.2, -0.15) is 5.26 Å². The van der Waals surface area contributed by atoms with Gasteiger partial charge in [0.25, 0.3) is 5.91 Å². The molecule has 1 N–H and O–H groups in total. The lowest BCUT2D eigenvalue weighted by molar-refractivity contribution is 0.102. The first-order chi connectivity index (χ1) is 13.7. The van der Waals surface area contributed by atoms with Crippen LogP contribution in [0.5, 0.6) is 5.75 Å². The van der Waals surface area contributed by atoms with Crippen molar-refractivity contribution in [1.82, 2.24) is 0 Å². The van der Waals surface area contributed by atoms with Crippen LogP contribution in [-0.2, 0) is 18.0 Å². The Morgan fingerprint density at radius 3 is 2.50 bits per heavy atom. The van der Waals surface area contributed by atoms with Gasteiger partial charge >= 0.3 is 0 Å². The minimum Gasteiger partial charge on any atom is -0.489 e. The molecule has 0 radical (unpaired) electrons. The lowest BCUT2D eigenvalue weighted by atomic mass is 10.1. The molecule has 0 aliphatic heterocycles. The Balaban J connectivity index is 1.62. The van der Waals surface area contributed by atoms with Crippen LogP contribution in [0.25, 0.3) is 0 Å². The highest BCUT2D eigenvalue weighted by Gasteiger charge is 2.07. The lowest BCUT2D eigenvalue weighted by Gasteiger charge is -2.10. The first-order valence-corrected chi connectivity index (χ1v) is 8.79. The van der Waals surface area contributed by atoms with E-state index in [1.54, 1.807) is 43.5 Å². The van der Waals surface area contributed by atoms with Crippen LogP contribution in [0.3, 0.4) is 0 Å². The molecule has 0 spiro atoms. The average molecular weight is 372 g/mol. The zero-order valence-electron chi connectivity index (χ0n) is 15.5. The van der Waals surface area contributed by atoms with Crippen LogP contribution < -0.4 is 10.1 Å². The van der Waals surface area contributed by atoms with Gasteiger partial charge in [-0.05, 0) is 47.5 Å². The van der Waals surface area contributed by atoms with Crippen LogP contribution in [0, 0.1) is 11.3 Å². The molecule has 1 amide bonds. The second-order valence-corrected chi connectivity index (χ2v) is 6.21. The number of rotatable bonds is 7. The third kappa shape index (κ3) is 5.19. The summed E-state index contributed by atoms with van der Waals surface area (Å²) in [6.07, 6.45) is 0. The molecule has 3 rings (SSSR count). The van der Waals surface area contributed by atoms with E-state index < -0.39 is 0 Å². The Labute approximate surface area is 164 Å². The third-order valence-electron chi connectivity index (χ3n) is 4.08. The maximum absolute atomic E-state index is 12.4. The van der Waals surface area contributed by atoms with Crippen molar-refractivity contribution in [1.29, 1.82) is 5.26 Å². The summed E-state index contributed by atoms with van der Waals surface area (Å²) < 4.78 is 10.9. The highest BCUT2D eigenvalue weighted by atomic mass is 16.5. The van der Waals surface area contributed by atoms with Gasteiger partial charge in [0.1, 0.15) is 12.4 Å². The maximum Gasteiger partial charge on any atom is 0.255 e. The molecule has 0 aliphatic rings. The summed E-state index contributed by atoms with van der Waals surface area (Å²) in [5.41, 5.74) is 3.73. The zero-order chi connectivity index (χ0) is 19.8. The number of hydrogen-bond acceptors (Lipinski definition) is 4. The summed E-state index contributed by atoms with van der Waals surface area (Å²) in [4.78, 5) is 12.4. The Morgan fingerprint density at radius 2 is 1.75 bits per heavy atom. The van der Waals surface area contributed by atoms with Gasteiger partial charge in [-0.25, -0.2) is 0 Å². The largest absolute Gasteiger partial charge is 0.489 e. The standard InChI is InChI=1S/C23H20N2O3/c1-27-15-17-8-10-20(11-9-17)23(26)25-21-6-3-7-22(13-21)28-16-19-5-2-4-18(12-19)14-24/h2-13H,15-16H2,1H3,(H,25,26). The SMILES string of the molecule is COCc1ccc(C(=O)Nc2cccc(OCc3cccc(C#N)c3)c2)cc1. The molecule has 0 saturated heterocycles. The smallest absolute Gasteiger partial charge is 0.255 e. The van der Waals surface area contributed by atoms with Crippen molar-refractivity contribution in [3.05, 3.63) is 95.1 Å². The van der Waals surface area contributed by atoms with E-state index >= 15 is 0 Å². The lowest BCUT2D eigenvalue weighted by Crippen LogP contribution is -2.12. The van der Waals surface area contributed by atoms with Crippen LogP contribution >= 0.6 is 0 Å². The number of hydrogen-bond donors (Lipinski definition) is 1. The fourth-order valence-corrected chi connectivity index (χ4v) is 2.68. The number of amides is 1. The molecule has 3 aromatic rings. The molecule has 140 valence electrons. The molecule has 3 aromatic carbocycles. The van der Waals surface area contributed by atoms with Gasteiger partial charge in [-0.3, -0.25) is 4.79 Å². The summed E-state index contributed by atoms with van der Waals surface area (Å²) >= 11 is 0. The van der Waals surface area contributed by atoms with Crippen molar-refractivity contribution < 1.29 is 14.3 Å². The van der Waals surface area contributed by atoms with Crippen molar-refractivity contribution >= 4 is 11.6 Å². The molecule has 0 aliphatic carbocycles. The van der Waals surface area contributed by atoms with E-state index in [0.29, 0.717) is 35.8 Å². The highest BCUT2D eigenvalue weighted by molar-refractivity contribution is 6.04. The molecule has 0 aromatic heterocycles. The van der Waals surface area contributed by atoms with Gasteiger partial charge in [0, 0.05) is 24.4 Å². The van der Waals surface area contributed by atoms with E-state index in [9.17, 15) is 4.79 Å². The predicted molar refractivity (Wildman–Crippen MR) is 107 cm³/mol. The number of anilines is 1. The van der Waals surface area contributed by atoms with E-state index in [1.165, 1.54) is 0 Å². The quantitative estimate of drug-likeness (QED) is 0.661. The number of benzene rings is 3. The van der Waals surface area contributed by atoms with Gasteiger partial charge in [0.2, 0.25) is 0 Å². The zero-order valence-corrected chi connectivity index (χ0v) is 15.5. The molecule has 0 saturated carbocycles. The number of carbonyl (C=O) groups is 1. The fourth-order valence-electron chi connectivity index (χ4n) is 2.68. The molecule has 0 heterocycles. The van der Waals surface area contributed by atoms with E-state index in [0.717, 1.165) is 11.1 Å². The summed E-state index contributed by atoms with van der Waals surface area (Å²) in [6, 6.07) is 23.9. The minimum absolute atomic E-state index is 0.192. The molecule has 0 fully saturated rings. The Morgan fingerprint density at radius 1 is 0.964 bits per heavy atom. The number of nitriles is 1. The van der Waals surface area contributed by atoms with Crippen molar-refractivity contribution in [2.45, 2.75) is 13.2 Å². The number of carbonyl (C=O) groups excluding carboxylic acids is 1. The summed E-state index contributed by atoms with van der Waals surface area (Å²) in [5.74, 6) is 0.443. The summed E-state index contributed by atoms with van der Waals surface area (Å²) in [5, 5.41) is 11.8. The van der Waals surface area contributed by atoms with Gasteiger partial charge in [-0.1, -0.05) is 30.3 Å².